The summed E-state index contributed by atoms with van der Waals surface area (Å²) >= 11 is 0. The first-order valence-corrected chi connectivity index (χ1v) is 7.61. The second kappa shape index (κ2) is 6.19. The number of hydrogen-bond acceptors (Lipinski definition) is 2. The largest absolute Gasteiger partial charge is 0.392 e. The third kappa shape index (κ3) is 3.69. The van der Waals surface area contributed by atoms with E-state index in [4.69, 9.17) is 0 Å². The van der Waals surface area contributed by atoms with Crippen LogP contribution in [-0.4, -0.2) is 23.3 Å². The summed E-state index contributed by atoms with van der Waals surface area (Å²) in [5.74, 6) is 1.71. The van der Waals surface area contributed by atoms with Gasteiger partial charge in [0.1, 0.15) is 0 Å². The van der Waals surface area contributed by atoms with Crippen molar-refractivity contribution >= 4 is 0 Å². The van der Waals surface area contributed by atoms with Crippen LogP contribution in [0.4, 0.5) is 0 Å². The van der Waals surface area contributed by atoms with Gasteiger partial charge < -0.3 is 10.4 Å². The van der Waals surface area contributed by atoms with Crippen molar-refractivity contribution < 1.29 is 5.11 Å². The molecular weight excluding hydrogens is 210 g/mol. The minimum atomic E-state index is -0.0943. The lowest BCUT2D eigenvalue weighted by Gasteiger charge is -2.37. The van der Waals surface area contributed by atoms with Gasteiger partial charge in [0.25, 0.3) is 0 Å². The highest BCUT2D eigenvalue weighted by Crippen LogP contribution is 2.31. The SMILES string of the molecule is CC(C)C1CCCC(NC2CCCCC2O)C1. The third-order valence-corrected chi connectivity index (χ3v) is 4.84. The van der Waals surface area contributed by atoms with Crippen molar-refractivity contribution in [3.05, 3.63) is 0 Å². The molecule has 2 fully saturated rings. The van der Waals surface area contributed by atoms with Crippen LogP contribution in [-0.2, 0) is 0 Å². The van der Waals surface area contributed by atoms with Gasteiger partial charge in [-0.3, -0.25) is 0 Å². The highest BCUT2D eigenvalue weighted by atomic mass is 16.3. The maximum atomic E-state index is 10.0. The molecule has 0 aromatic rings. The molecule has 0 heterocycles. The molecule has 2 rings (SSSR count). The topological polar surface area (TPSA) is 32.3 Å². The Labute approximate surface area is 106 Å². The molecule has 4 atom stereocenters. The van der Waals surface area contributed by atoms with E-state index in [0.29, 0.717) is 12.1 Å². The Morgan fingerprint density at radius 3 is 2.47 bits per heavy atom. The minimum Gasteiger partial charge on any atom is -0.392 e. The molecule has 0 aromatic heterocycles. The van der Waals surface area contributed by atoms with Gasteiger partial charge in [0.15, 0.2) is 0 Å². The van der Waals surface area contributed by atoms with Gasteiger partial charge in [0, 0.05) is 12.1 Å². The highest BCUT2D eigenvalue weighted by Gasteiger charge is 2.29. The number of aliphatic hydroxyl groups is 1. The molecule has 2 nitrogen and oxygen atoms in total. The van der Waals surface area contributed by atoms with Crippen LogP contribution in [0.5, 0.6) is 0 Å². The molecule has 4 unspecified atom stereocenters. The smallest absolute Gasteiger partial charge is 0.0693 e. The van der Waals surface area contributed by atoms with Gasteiger partial charge in [-0.05, 0) is 37.5 Å². The monoisotopic (exact) mass is 239 g/mol. The van der Waals surface area contributed by atoms with E-state index in [1.54, 1.807) is 0 Å². The summed E-state index contributed by atoms with van der Waals surface area (Å²) in [6.07, 6.45) is 9.97. The Morgan fingerprint density at radius 1 is 1.00 bits per heavy atom. The summed E-state index contributed by atoms with van der Waals surface area (Å²) < 4.78 is 0. The van der Waals surface area contributed by atoms with E-state index < -0.39 is 0 Å². The Hall–Kier alpha value is -0.0800. The number of nitrogens with one attached hydrogen (secondary N) is 1. The Kier molecular flexibility index (Phi) is 4.87. The molecule has 2 saturated carbocycles. The lowest BCUT2D eigenvalue weighted by molar-refractivity contribution is 0.0769. The molecule has 0 saturated heterocycles. The number of hydrogen-bond donors (Lipinski definition) is 2. The van der Waals surface area contributed by atoms with Crippen molar-refractivity contribution in [1.29, 1.82) is 0 Å². The van der Waals surface area contributed by atoms with Gasteiger partial charge in [-0.2, -0.15) is 0 Å². The van der Waals surface area contributed by atoms with Gasteiger partial charge in [-0.25, -0.2) is 0 Å². The van der Waals surface area contributed by atoms with Crippen molar-refractivity contribution in [1.82, 2.24) is 5.32 Å². The van der Waals surface area contributed by atoms with E-state index in [2.05, 4.69) is 19.2 Å². The Morgan fingerprint density at radius 2 is 1.76 bits per heavy atom. The predicted molar refractivity (Wildman–Crippen MR) is 72.0 cm³/mol. The molecule has 2 N–H and O–H groups in total. The summed E-state index contributed by atoms with van der Waals surface area (Å²) in [5, 5.41) is 13.8. The fraction of sp³-hybridized carbons (Fsp3) is 1.00. The zero-order chi connectivity index (χ0) is 12.3. The first-order chi connectivity index (χ1) is 8.16. The van der Waals surface area contributed by atoms with Gasteiger partial charge in [-0.15, -0.1) is 0 Å². The van der Waals surface area contributed by atoms with Gasteiger partial charge >= 0.3 is 0 Å². The van der Waals surface area contributed by atoms with Crippen LogP contribution in [0.15, 0.2) is 0 Å². The quantitative estimate of drug-likeness (QED) is 0.793. The molecule has 2 heteroatoms. The average Bonchev–Trinajstić information content (AvgIpc) is 2.32. The molecule has 0 radical (unpaired) electrons. The van der Waals surface area contributed by atoms with Crippen LogP contribution in [0.2, 0.25) is 0 Å². The van der Waals surface area contributed by atoms with E-state index in [9.17, 15) is 5.11 Å². The molecule has 2 aliphatic rings. The highest BCUT2D eigenvalue weighted by molar-refractivity contribution is 4.87. The molecule has 17 heavy (non-hydrogen) atoms. The van der Waals surface area contributed by atoms with Crippen LogP contribution in [0, 0.1) is 11.8 Å². The maximum absolute atomic E-state index is 10.0. The van der Waals surface area contributed by atoms with Crippen molar-refractivity contribution in [2.24, 2.45) is 11.8 Å². The van der Waals surface area contributed by atoms with E-state index >= 15 is 0 Å². The van der Waals surface area contributed by atoms with Crippen LogP contribution in [0.3, 0.4) is 0 Å². The van der Waals surface area contributed by atoms with Gasteiger partial charge in [-0.1, -0.05) is 39.5 Å². The number of aliphatic hydroxyl groups excluding tert-OH is 1. The summed E-state index contributed by atoms with van der Waals surface area (Å²) in [5.41, 5.74) is 0. The average molecular weight is 239 g/mol. The van der Waals surface area contributed by atoms with Crippen molar-refractivity contribution in [3.8, 4) is 0 Å². The summed E-state index contributed by atoms with van der Waals surface area (Å²) in [6, 6.07) is 1.04. The number of rotatable bonds is 3. The lowest BCUT2D eigenvalue weighted by Crippen LogP contribution is -2.48. The van der Waals surface area contributed by atoms with Crippen LogP contribution >= 0.6 is 0 Å². The fourth-order valence-corrected chi connectivity index (χ4v) is 3.59. The Bertz CT molecular complexity index is 229. The second-order valence-electron chi connectivity index (χ2n) is 6.49. The molecule has 0 spiro atoms. The normalized spacial score (nSPS) is 39.5. The van der Waals surface area contributed by atoms with E-state index in [1.807, 2.05) is 0 Å². The molecule has 100 valence electrons. The standard InChI is InChI=1S/C15H29NO/c1-11(2)12-6-5-7-13(10-12)16-14-8-3-4-9-15(14)17/h11-17H,3-10H2,1-2H3. The van der Waals surface area contributed by atoms with E-state index in [-0.39, 0.29) is 6.10 Å². The van der Waals surface area contributed by atoms with E-state index in [1.165, 1.54) is 44.9 Å². The van der Waals surface area contributed by atoms with E-state index in [0.717, 1.165) is 18.3 Å². The van der Waals surface area contributed by atoms with Gasteiger partial charge in [0.2, 0.25) is 0 Å². The van der Waals surface area contributed by atoms with Crippen LogP contribution < -0.4 is 5.32 Å². The zero-order valence-electron chi connectivity index (χ0n) is 11.5. The maximum Gasteiger partial charge on any atom is 0.0693 e. The summed E-state index contributed by atoms with van der Waals surface area (Å²) in [7, 11) is 0. The van der Waals surface area contributed by atoms with Crippen molar-refractivity contribution in [2.75, 3.05) is 0 Å². The van der Waals surface area contributed by atoms with Crippen LogP contribution in [0.1, 0.15) is 65.2 Å². The summed E-state index contributed by atoms with van der Waals surface area (Å²) in [4.78, 5) is 0. The molecule has 0 aliphatic heterocycles. The third-order valence-electron chi connectivity index (χ3n) is 4.84. The molecule has 0 amide bonds. The van der Waals surface area contributed by atoms with Crippen molar-refractivity contribution in [2.45, 2.75) is 83.4 Å². The molecular formula is C15H29NO. The fourth-order valence-electron chi connectivity index (χ4n) is 3.59. The predicted octanol–water partition coefficient (Wildman–Crippen LogP) is 3.09. The first-order valence-electron chi connectivity index (χ1n) is 7.61. The van der Waals surface area contributed by atoms with Gasteiger partial charge in [0.05, 0.1) is 6.10 Å². The zero-order valence-corrected chi connectivity index (χ0v) is 11.5. The second-order valence-corrected chi connectivity index (χ2v) is 6.49. The molecule has 0 aromatic carbocycles. The molecule has 2 aliphatic carbocycles. The minimum absolute atomic E-state index is 0.0943. The summed E-state index contributed by atoms with van der Waals surface area (Å²) in [6.45, 7) is 4.70. The van der Waals surface area contributed by atoms with Crippen LogP contribution in [0.25, 0.3) is 0 Å². The van der Waals surface area contributed by atoms with Crippen molar-refractivity contribution in [3.63, 3.8) is 0 Å². The molecule has 0 bridgehead atoms. The lowest BCUT2D eigenvalue weighted by atomic mass is 9.78. The first kappa shape index (κ1) is 13.4. The Balaban J connectivity index is 1.81.